The summed E-state index contributed by atoms with van der Waals surface area (Å²) in [5.74, 6) is 1.23. The number of benzene rings is 2. The summed E-state index contributed by atoms with van der Waals surface area (Å²) in [6.45, 7) is 0.343. The molecule has 162 valence electrons. The zero-order valence-electron chi connectivity index (χ0n) is 17.3. The van der Waals surface area contributed by atoms with Gasteiger partial charge in [-0.3, -0.25) is 9.69 Å². The first-order valence-corrected chi connectivity index (χ1v) is 12.0. The first-order valence-electron chi connectivity index (χ1n) is 10.4. The lowest BCUT2D eigenvalue weighted by Crippen LogP contribution is -2.39. The van der Waals surface area contributed by atoms with Crippen molar-refractivity contribution < 1.29 is 14.3 Å². The van der Waals surface area contributed by atoms with Crippen LogP contribution in [0.2, 0.25) is 5.02 Å². The molecule has 2 aromatic carbocycles. The van der Waals surface area contributed by atoms with E-state index >= 15 is 0 Å². The van der Waals surface area contributed by atoms with Crippen molar-refractivity contribution in [2.24, 2.45) is 0 Å². The number of ether oxygens (including phenoxy) is 2. The van der Waals surface area contributed by atoms with Crippen LogP contribution < -0.4 is 9.47 Å². The van der Waals surface area contributed by atoms with Gasteiger partial charge in [-0.1, -0.05) is 79.1 Å². The number of nitrogens with zero attached hydrogens (tertiary/aromatic N) is 1. The molecule has 2 fully saturated rings. The zero-order chi connectivity index (χ0) is 21.8. The molecule has 0 N–H and O–H groups in total. The standard InChI is InChI=1S/C24H24ClNO3S2/c1-28-21-13-16(11-12-20(21)29-15-17-7-5-6-10-19(17)25)14-22-23(27)26(24(30)31-22)18-8-3-2-4-9-18/h5-7,10-14,18H,2-4,8-9,15H2,1H3/b22-14-. The lowest BCUT2D eigenvalue weighted by atomic mass is 9.94. The molecule has 4 rings (SSSR count). The monoisotopic (exact) mass is 473 g/mol. The molecule has 0 atom stereocenters. The number of thiocarbonyl (C=S) groups is 1. The third kappa shape index (κ3) is 5.08. The fraction of sp³-hybridized carbons (Fsp3) is 0.333. The Kier molecular flexibility index (Phi) is 7.20. The fourth-order valence-corrected chi connectivity index (χ4v) is 5.54. The number of halogens is 1. The summed E-state index contributed by atoms with van der Waals surface area (Å²) in [4.78, 5) is 15.5. The Bertz CT molecular complexity index is 1020. The van der Waals surface area contributed by atoms with Crippen molar-refractivity contribution >= 4 is 51.9 Å². The predicted molar refractivity (Wildman–Crippen MR) is 131 cm³/mol. The van der Waals surface area contributed by atoms with E-state index in [0.29, 0.717) is 32.4 Å². The van der Waals surface area contributed by atoms with Gasteiger partial charge in [0.05, 0.1) is 12.0 Å². The van der Waals surface area contributed by atoms with E-state index in [4.69, 9.17) is 33.3 Å². The summed E-state index contributed by atoms with van der Waals surface area (Å²) < 4.78 is 12.1. The van der Waals surface area contributed by atoms with Gasteiger partial charge in [-0.25, -0.2) is 0 Å². The maximum absolute atomic E-state index is 13.0. The quantitative estimate of drug-likeness (QED) is 0.355. The summed E-state index contributed by atoms with van der Waals surface area (Å²) in [5.41, 5.74) is 1.77. The van der Waals surface area contributed by atoms with Crippen molar-refractivity contribution in [3.63, 3.8) is 0 Å². The molecule has 1 saturated heterocycles. The molecule has 0 unspecified atom stereocenters. The second kappa shape index (κ2) is 10.1. The summed E-state index contributed by atoms with van der Waals surface area (Å²) in [6.07, 6.45) is 7.51. The molecule has 7 heteroatoms. The van der Waals surface area contributed by atoms with E-state index in [9.17, 15) is 4.79 Å². The molecule has 2 aliphatic rings. The SMILES string of the molecule is COc1cc(/C=C2\SC(=S)N(C3CCCCC3)C2=O)ccc1OCc1ccccc1Cl. The minimum Gasteiger partial charge on any atom is -0.493 e. The highest BCUT2D eigenvalue weighted by molar-refractivity contribution is 8.26. The maximum Gasteiger partial charge on any atom is 0.266 e. The highest BCUT2D eigenvalue weighted by Gasteiger charge is 2.37. The molecule has 31 heavy (non-hydrogen) atoms. The van der Waals surface area contributed by atoms with E-state index in [1.807, 2.05) is 53.4 Å². The van der Waals surface area contributed by atoms with Gasteiger partial charge in [0.2, 0.25) is 0 Å². The first kappa shape index (κ1) is 22.2. The van der Waals surface area contributed by atoms with Crippen LogP contribution in [0.3, 0.4) is 0 Å². The molecule has 1 saturated carbocycles. The third-order valence-electron chi connectivity index (χ3n) is 5.59. The van der Waals surface area contributed by atoms with E-state index in [1.165, 1.54) is 18.2 Å². The summed E-state index contributed by atoms with van der Waals surface area (Å²) in [7, 11) is 1.60. The van der Waals surface area contributed by atoms with Crippen LogP contribution in [0.5, 0.6) is 11.5 Å². The fourth-order valence-electron chi connectivity index (χ4n) is 3.95. The number of amides is 1. The van der Waals surface area contributed by atoms with Crippen molar-refractivity contribution in [3.05, 3.63) is 63.5 Å². The normalized spacial score (nSPS) is 18.6. The first-order chi connectivity index (χ1) is 15.1. The van der Waals surface area contributed by atoms with Crippen molar-refractivity contribution in [3.8, 4) is 11.5 Å². The van der Waals surface area contributed by atoms with E-state index in [2.05, 4.69) is 0 Å². The number of carbonyl (C=O) groups excluding carboxylic acids is 1. The maximum atomic E-state index is 13.0. The molecule has 1 heterocycles. The average Bonchev–Trinajstić information content (AvgIpc) is 3.07. The molecule has 1 amide bonds. The van der Waals surface area contributed by atoms with Crippen LogP contribution in [-0.2, 0) is 11.4 Å². The van der Waals surface area contributed by atoms with Crippen molar-refractivity contribution in [1.82, 2.24) is 4.90 Å². The highest BCUT2D eigenvalue weighted by Crippen LogP contribution is 2.38. The molecule has 4 nitrogen and oxygen atoms in total. The molecular weight excluding hydrogens is 450 g/mol. The van der Waals surface area contributed by atoms with Crippen molar-refractivity contribution in [2.45, 2.75) is 44.8 Å². The van der Waals surface area contributed by atoms with Crippen molar-refractivity contribution in [1.29, 1.82) is 0 Å². The molecule has 0 bridgehead atoms. The van der Waals surface area contributed by atoms with Crippen LogP contribution in [0.15, 0.2) is 47.4 Å². The minimum atomic E-state index is 0.0138. The van der Waals surface area contributed by atoms with Gasteiger partial charge >= 0.3 is 0 Å². The van der Waals surface area contributed by atoms with E-state index < -0.39 is 0 Å². The second-order valence-corrected chi connectivity index (χ2v) is 9.72. The van der Waals surface area contributed by atoms with Gasteiger partial charge in [0.25, 0.3) is 5.91 Å². The molecular formula is C24H24ClNO3S2. The van der Waals surface area contributed by atoms with Crippen molar-refractivity contribution in [2.75, 3.05) is 7.11 Å². The number of rotatable bonds is 6. The molecule has 0 aromatic heterocycles. The average molecular weight is 474 g/mol. The third-order valence-corrected chi connectivity index (χ3v) is 7.29. The summed E-state index contributed by atoms with van der Waals surface area (Å²) in [5, 5.41) is 0.665. The number of carbonyl (C=O) groups is 1. The summed E-state index contributed by atoms with van der Waals surface area (Å²) in [6, 6.07) is 13.5. The van der Waals surface area contributed by atoms with Gasteiger partial charge in [0.1, 0.15) is 10.9 Å². The van der Waals surface area contributed by atoms with Gasteiger partial charge in [-0.2, -0.15) is 0 Å². The molecule has 0 radical (unpaired) electrons. The number of thioether (sulfide) groups is 1. The van der Waals surface area contributed by atoms with Crippen LogP contribution in [0, 0.1) is 0 Å². The molecule has 1 aliphatic heterocycles. The molecule has 0 spiro atoms. The van der Waals surface area contributed by atoms with Crippen LogP contribution in [0.1, 0.15) is 43.2 Å². The Morgan fingerprint density at radius 3 is 2.68 bits per heavy atom. The van der Waals surface area contributed by atoms with Crippen LogP contribution in [0.4, 0.5) is 0 Å². The Hall–Kier alpha value is -2.02. The topological polar surface area (TPSA) is 38.8 Å². The second-order valence-electron chi connectivity index (χ2n) is 7.63. The van der Waals surface area contributed by atoms with Gasteiger partial charge in [0.15, 0.2) is 11.5 Å². The Morgan fingerprint density at radius 1 is 1.16 bits per heavy atom. The van der Waals surface area contributed by atoms with E-state index in [0.717, 1.165) is 36.8 Å². The van der Waals surface area contributed by atoms with Gasteiger partial charge in [-0.15, -0.1) is 0 Å². The van der Waals surface area contributed by atoms with Crippen LogP contribution in [0.25, 0.3) is 6.08 Å². The highest BCUT2D eigenvalue weighted by atomic mass is 35.5. The Morgan fingerprint density at radius 2 is 1.94 bits per heavy atom. The van der Waals surface area contributed by atoms with E-state index in [-0.39, 0.29) is 11.9 Å². The smallest absolute Gasteiger partial charge is 0.266 e. The van der Waals surface area contributed by atoms with E-state index in [1.54, 1.807) is 7.11 Å². The minimum absolute atomic E-state index is 0.0138. The summed E-state index contributed by atoms with van der Waals surface area (Å²) >= 11 is 13.1. The molecule has 1 aliphatic carbocycles. The zero-order valence-corrected chi connectivity index (χ0v) is 19.7. The largest absolute Gasteiger partial charge is 0.493 e. The lowest BCUT2D eigenvalue weighted by Gasteiger charge is -2.29. The van der Waals surface area contributed by atoms with Gasteiger partial charge in [-0.05, 0) is 42.7 Å². The van der Waals surface area contributed by atoms with Gasteiger partial charge < -0.3 is 9.47 Å². The number of methoxy groups -OCH3 is 1. The van der Waals surface area contributed by atoms with Crippen LogP contribution in [-0.4, -0.2) is 28.3 Å². The molecule has 2 aromatic rings. The Labute approximate surface area is 197 Å². The number of hydrogen-bond acceptors (Lipinski definition) is 5. The lowest BCUT2D eigenvalue weighted by molar-refractivity contribution is -0.124. The number of hydrogen-bond donors (Lipinski definition) is 0. The predicted octanol–water partition coefficient (Wildman–Crippen LogP) is 6.46. The van der Waals surface area contributed by atoms with Crippen LogP contribution >= 0.6 is 35.6 Å². The van der Waals surface area contributed by atoms with Gasteiger partial charge in [0, 0.05) is 16.6 Å². The Balaban J connectivity index is 1.49.